The van der Waals surface area contributed by atoms with Crippen LogP contribution < -0.4 is 5.73 Å². The molecule has 3 nitrogen and oxygen atoms in total. The van der Waals surface area contributed by atoms with Crippen LogP contribution in [-0.4, -0.2) is 21.6 Å². The maximum absolute atomic E-state index is 6.22. The molecule has 2 N–H and O–H groups in total. The zero-order valence-electron chi connectivity index (χ0n) is 10.4. The first kappa shape index (κ1) is 12.5. The molecule has 0 bridgehead atoms. The highest BCUT2D eigenvalue weighted by Gasteiger charge is 2.15. The number of imidazole rings is 1. The number of fused-ring (bicyclic) bond motifs is 1. The molecule has 0 radical (unpaired) electrons. The first-order valence-corrected chi connectivity index (χ1v) is 7.37. The van der Waals surface area contributed by atoms with E-state index in [1.54, 1.807) is 0 Å². The molecule has 17 heavy (non-hydrogen) atoms. The summed E-state index contributed by atoms with van der Waals surface area (Å²) in [7, 11) is 0. The van der Waals surface area contributed by atoms with Gasteiger partial charge in [-0.2, -0.15) is 11.8 Å². The highest BCUT2D eigenvalue weighted by Crippen LogP contribution is 2.22. The number of hydrogen-bond acceptors (Lipinski definition) is 3. The Morgan fingerprint density at radius 3 is 2.88 bits per heavy atom. The Morgan fingerprint density at radius 1 is 1.41 bits per heavy atom. The van der Waals surface area contributed by atoms with Gasteiger partial charge in [-0.25, -0.2) is 4.98 Å². The summed E-state index contributed by atoms with van der Waals surface area (Å²) in [5.41, 5.74) is 8.45. The van der Waals surface area contributed by atoms with Gasteiger partial charge in [-0.05, 0) is 37.5 Å². The third-order valence-electron chi connectivity index (χ3n) is 2.96. The molecule has 0 fully saturated rings. The number of rotatable bonds is 5. The molecule has 0 spiro atoms. The van der Waals surface area contributed by atoms with Crippen LogP contribution >= 0.6 is 11.8 Å². The van der Waals surface area contributed by atoms with Crippen LogP contribution in [0.1, 0.15) is 25.2 Å². The molecule has 92 valence electrons. The van der Waals surface area contributed by atoms with Gasteiger partial charge in [-0.1, -0.05) is 12.1 Å². The summed E-state index contributed by atoms with van der Waals surface area (Å²) >= 11 is 1.83. The van der Waals surface area contributed by atoms with E-state index < -0.39 is 0 Å². The second-order valence-electron chi connectivity index (χ2n) is 4.09. The Kier molecular flexibility index (Phi) is 4.07. The Hall–Kier alpha value is -1.00. The van der Waals surface area contributed by atoms with E-state index in [0.29, 0.717) is 0 Å². The molecule has 2 rings (SSSR count). The van der Waals surface area contributed by atoms with Crippen molar-refractivity contribution in [3.05, 3.63) is 30.1 Å². The normalized spacial score (nSPS) is 13.1. The zero-order valence-corrected chi connectivity index (χ0v) is 11.2. The van der Waals surface area contributed by atoms with Crippen molar-refractivity contribution in [2.24, 2.45) is 5.73 Å². The molecule has 0 amide bonds. The second-order valence-corrected chi connectivity index (χ2v) is 5.08. The van der Waals surface area contributed by atoms with Crippen molar-refractivity contribution in [2.45, 2.75) is 25.9 Å². The third kappa shape index (κ3) is 2.48. The van der Waals surface area contributed by atoms with Crippen molar-refractivity contribution in [3.8, 4) is 0 Å². The summed E-state index contributed by atoms with van der Waals surface area (Å²) in [6.45, 7) is 3.06. The molecule has 0 saturated carbocycles. The highest BCUT2D eigenvalue weighted by molar-refractivity contribution is 7.98. The van der Waals surface area contributed by atoms with Crippen LogP contribution in [0.2, 0.25) is 0 Å². The number of para-hydroxylation sites is 2. The van der Waals surface area contributed by atoms with Gasteiger partial charge in [0.05, 0.1) is 17.1 Å². The summed E-state index contributed by atoms with van der Waals surface area (Å²) in [5, 5.41) is 0. The lowest BCUT2D eigenvalue weighted by Gasteiger charge is -2.12. The van der Waals surface area contributed by atoms with Crippen molar-refractivity contribution in [3.63, 3.8) is 0 Å². The van der Waals surface area contributed by atoms with Gasteiger partial charge in [-0.15, -0.1) is 0 Å². The summed E-state index contributed by atoms with van der Waals surface area (Å²) < 4.78 is 2.22. The van der Waals surface area contributed by atoms with E-state index >= 15 is 0 Å². The van der Waals surface area contributed by atoms with E-state index in [1.807, 2.05) is 30.0 Å². The van der Waals surface area contributed by atoms with Gasteiger partial charge in [0.1, 0.15) is 5.82 Å². The van der Waals surface area contributed by atoms with Gasteiger partial charge < -0.3 is 10.3 Å². The molecule has 4 heteroatoms. The van der Waals surface area contributed by atoms with Crippen LogP contribution in [-0.2, 0) is 6.54 Å². The van der Waals surface area contributed by atoms with Crippen LogP contribution in [0.4, 0.5) is 0 Å². The molecule has 1 aromatic heterocycles. The maximum Gasteiger partial charge on any atom is 0.126 e. The first-order chi connectivity index (χ1) is 8.27. The minimum Gasteiger partial charge on any atom is -0.327 e. The third-order valence-corrected chi connectivity index (χ3v) is 3.61. The number of benzene rings is 1. The van der Waals surface area contributed by atoms with Crippen LogP contribution in [0.15, 0.2) is 24.3 Å². The minimum atomic E-state index is 0.0369. The summed E-state index contributed by atoms with van der Waals surface area (Å²) in [6, 6.07) is 8.26. The molecule has 0 aliphatic rings. The fourth-order valence-corrected chi connectivity index (χ4v) is 2.57. The molecular weight excluding hydrogens is 230 g/mol. The molecule has 1 atom stereocenters. The SMILES string of the molecule is CCn1c(C(N)CCSC)nc2ccccc21. The fourth-order valence-electron chi connectivity index (χ4n) is 2.08. The standard InChI is InChI=1S/C13H19N3S/c1-3-16-12-7-5-4-6-11(12)15-13(16)10(14)8-9-17-2/h4-7,10H,3,8-9,14H2,1-2H3. The van der Waals surface area contributed by atoms with Gasteiger partial charge >= 0.3 is 0 Å². The quantitative estimate of drug-likeness (QED) is 0.886. The van der Waals surface area contributed by atoms with Gasteiger partial charge in [0.25, 0.3) is 0 Å². The van der Waals surface area contributed by atoms with E-state index in [4.69, 9.17) is 5.73 Å². The minimum absolute atomic E-state index is 0.0369. The molecular formula is C13H19N3S. The van der Waals surface area contributed by atoms with Gasteiger partial charge in [-0.3, -0.25) is 0 Å². The lowest BCUT2D eigenvalue weighted by molar-refractivity contribution is 0.601. The van der Waals surface area contributed by atoms with Crippen molar-refractivity contribution in [1.82, 2.24) is 9.55 Å². The predicted molar refractivity (Wildman–Crippen MR) is 75.3 cm³/mol. The van der Waals surface area contributed by atoms with Gasteiger partial charge in [0.2, 0.25) is 0 Å². The smallest absolute Gasteiger partial charge is 0.126 e. The van der Waals surface area contributed by atoms with Crippen molar-refractivity contribution < 1.29 is 0 Å². The number of thioether (sulfide) groups is 1. The summed E-state index contributed by atoms with van der Waals surface area (Å²) in [6.07, 6.45) is 3.08. The summed E-state index contributed by atoms with van der Waals surface area (Å²) in [5.74, 6) is 2.09. The van der Waals surface area contributed by atoms with Crippen molar-refractivity contribution in [2.75, 3.05) is 12.0 Å². The van der Waals surface area contributed by atoms with Crippen LogP contribution in [0.3, 0.4) is 0 Å². The molecule has 1 aromatic carbocycles. The van der Waals surface area contributed by atoms with Crippen molar-refractivity contribution in [1.29, 1.82) is 0 Å². The van der Waals surface area contributed by atoms with Crippen LogP contribution in [0.25, 0.3) is 11.0 Å². The van der Waals surface area contributed by atoms with E-state index in [1.165, 1.54) is 5.52 Å². The molecule has 1 unspecified atom stereocenters. The van der Waals surface area contributed by atoms with E-state index in [0.717, 1.165) is 30.1 Å². The Labute approximate surface area is 106 Å². The monoisotopic (exact) mass is 249 g/mol. The van der Waals surface area contributed by atoms with E-state index in [9.17, 15) is 0 Å². The maximum atomic E-state index is 6.22. The highest BCUT2D eigenvalue weighted by atomic mass is 32.2. The average Bonchev–Trinajstić information content (AvgIpc) is 2.74. The topological polar surface area (TPSA) is 43.8 Å². The predicted octanol–water partition coefficient (Wildman–Crippen LogP) is 2.81. The van der Waals surface area contributed by atoms with Gasteiger partial charge in [0, 0.05) is 6.54 Å². The van der Waals surface area contributed by atoms with Crippen molar-refractivity contribution >= 4 is 22.8 Å². The second kappa shape index (κ2) is 5.56. The Bertz CT molecular complexity index is 492. The molecule has 0 aliphatic heterocycles. The Balaban J connectivity index is 2.38. The Morgan fingerprint density at radius 2 is 2.18 bits per heavy atom. The van der Waals surface area contributed by atoms with E-state index in [-0.39, 0.29) is 6.04 Å². The summed E-state index contributed by atoms with van der Waals surface area (Å²) in [4.78, 5) is 4.67. The number of aromatic nitrogens is 2. The lowest BCUT2D eigenvalue weighted by Crippen LogP contribution is -2.17. The molecule has 2 aromatic rings. The molecule has 1 heterocycles. The van der Waals surface area contributed by atoms with Crippen LogP contribution in [0.5, 0.6) is 0 Å². The number of aryl methyl sites for hydroxylation is 1. The number of hydrogen-bond donors (Lipinski definition) is 1. The molecule has 0 saturated heterocycles. The average molecular weight is 249 g/mol. The first-order valence-electron chi connectivity index (χ1n) is 5.97. The lowest BCUT2D eigenvalue weighted by atomic mass is 10.2. The number of nitrogens with two attached hydrogens (primary N) is 1. The largest absolute Gasteiger partial charge is 0.327 e. The van der Waals surface area contributed by atoms with Crippen LogP contribution in [0, 0.1) is 0 Å². The molecule has 0 aliphatic carbocycles. The number of nitrogens with zero attached hydrogens (tertiary/aromatic N) is 2. The fraction of sp³-hybridized carbons (Fsp3) is 0.462. The van der Waals surface area contributed by atoms with E-state index in [2.05, 4.69) is 28.8 Å². The van der Waals surface area contributed by atoms with Gasteiger partial charge in [0.15, 0.2) is 0 Å². The zero-order chi connectivity index (χ0) is 12.3.